The highest BCUT2D eigenvalue weighted by atomic mass is 32.1. The van der Waals surface area contributed by atoms with Gasteiger partial charge in [-0.2, -0.15) is 0 Å². The number of rotatable bonds is 4. The number of thiazole rings is 1. The van der Waals surface area contributed by atoms with Gasteiger partial charge in [-0.3, -0.25) is 0 Å². The van der Waals surface area contributed by atoms with E-state index in [4.69, 9.17) is 10.7 Å². The minimum Gasteiger partial charge on any atom is -0.327 e. The highest BCUT2D eigenvalue weighted by molar-refractivity contribution is 7.09. The first-order valence-corrected chi connectivity index (χ1v) is 8.03. The summed E-state index contributed by atoms with van der Waals surface area (Å²) < 4.78 is 0. The molecule has 0 bridgehead atoms. The Morgan fingerprint density at radius 3 is 2.61 bits per heavy atom. The Labute approximate surface area is 115 Å². The number of hydrogen-bond donors (Lipinski definition) is 1. The van der Waals surface area contributed by atoms with Crippen molar-refractivity contribution in [2.75, 3.05) is 0 Å². The molecular formula is C15H26N2S. The Balaban J connectivity index is 1.86. The van der Waals surface area contributed by atoms with Crippen LogP contribution in [0.5, 0.6) is 0 Å². The molecule has 1 fully saturated rings. The first kappa shape index (κ1) is 14.0. The average Bonchev–Trinajstić information content (AvgIpc) is 2.87. The molecule has 0 aromatic carbocycles. The molecule has 1 aliphatic carbocycles. The highest BCUT2D eigenvalue weighted by Gasteiger charge is 2.21. The Bertz CT molecular complexity index is 372. The largest absolute Gasteiger partial charge is 0.327 e. The zero-order valence-corrected chi connectivity index (χ0v) is 12.7. The molecule has 18 heavy (non-hydrogen) atoms. The molecule has 0 saturated heterocycles. The van der Waals surface area contributed by atoms with Gasteiger partial charge in [0.25, 0.3) is 0 Å². The predicted molar refractivity (Wildman–Crippen MR) is 79.1 cm³/mol. The van der Waals surface area contributed by atoms with Gasteiger partial charge >= 0.3 is 0 Å². The lowest BCUT2D eigenvalue weighted by Gasteiger charge is -2.16. The highest BCUT2D eigenvalue weighted by Crippen LogP contribution is 2.29. The first-order valence-electron chi connectivity index (χ1n) is 7.15. The lowest BCUT2D eigenvalue weighted by Crippen LogP contribution is -2.25. The summed E-state index contributed by atoms with van der Waals surface area (Å²) in [6.07, 6.45) is 7.73. The van der Waals surface area contributed by atoms with E-state index >= 15 is 0 Å². The van der Waals surface area contributed by atoms with E-state index in [1.807, 2.05) is 0 Å². The van der Waals surface area contributed by atoms with Crippen LogP contribution in [0.25, 0.3) is 0 Å². The van der Waals surface area contributed by atoms with Crippen LogP contribution in [0.15, 0.2) is 5.38 Å². The van der Waals surface area contributed by atoms with E-state index in [0.717, 1.165) is 12.3 Å². The fourth-order valence-electron chi connectivity index (χ4n) is 2.73. The summed E-state index contributed by atoms with van der Waals surface area (Å²) >= 11 is 1.77. The van der Waals surface area contributed by atoms with Crippen LogP contribution in [0.3, 0.4) is 0 Å². The van der Waals surface area contributed by atoms with Crippen molar-refractivity contribution >= 4 is 11.3 Å². The Hall–Kier alpha value is -0.410. The van der Waals surface area contributed by atoms with Gasteiger partial charge in [0.2, 0.25) is 0 Å². The molecule has 2 N–H and O–H groups in total. The van der Waals surface area contributed by atoms with Crippen molar-refractivity contribution in [2.45, 2.75) is 70.8 Å². The van der Waals surface area contributed by atoms with Crippen molar-refractivity contribution in [1.29, 1.82) is 0 Å². The molecule has 0 spiro atoms. The molecule has 0 radical (unpaired) electrons. The lowest BCUT2D eigenvalue weighted by atomic mass is 9.93. The van der Waals surface area contributed by atoms with E-state index < -0.39 is 0 Å². The maximum Gasteiger partial charge on any atom is 0.0943 e. The Morgan fingerprint density at radius 1 is 1.39 bits per heavy atom. The van der Waals surface area contributed by atoms with Crippen molar-refractivity contribution < 1.29 is 0 Å². The number of nitrogens with two attached hydrogens (primary N) is 1. The number of aromatic nitrogens is 1. The Kier molecular flexibility index (Phi) is 4.44. The quantitative estimate of drug-likeness (QED) is 0.898. The van der Waals surface area contributed by atoms with Crippen molar-refractivity contribution in [3.8, 4) is 0 Å². The molecule has 2 rings (SSSR count). The number of nitrogens with zero attached hydrogens (tertiary/aromatic N) is 1. The van der Waals surface area contributed by atoms with Crippen LogP contribution in [0, 0.1) is 5.92 Å². The molecule has 1 heterocycles. The topological polar surface area (TPSA) is 38.9 Å². The van der Waals surface area contributed by atoms with Crippen molar-refractivity contribution in [2.24, 2.45) is 11.7 Å². The van der Waals surface area contributed by atoms with Gasteiger partial charge in [0, 0.05) is 23.3 Å². The molecule has 2 nitrogen and oxygen atoms in total. The molecule has 1 aromatic rings. The van der Waals surface area contributed by atoms with E-state index in [1.165, 1.54) is 42.8 Å². The van der Waals surface area contributed by atoms with Crippen molar-refractivity contribution in [3.63, 3.8) is 0 Å². The molecule has 1 unspecified atom stereocenters. The molecule has 3 heteroatoms. The lowest BCUT2D eigenvalue weighted by molar-refractivity contribution is 0.439. The second kappa shape index (κ2) is 5.70. The van der Waals surface area contributed by atoms with Crippen LogP contribution in [-0.4, -0.2) is 11.0 Å². The molecule has 1 atom stereocenters. The van der Waals surface area contributed by atoms with Crippen molar-refractivity contribution in [3.05, 3.63) is 16.1 Å². The molecule has 0 aliphatic heterocycles. The third kappa shape index (κ3) is 3.79. The van der Waals surface area contributed by atoms with Crippen LogP contribution in [0.2, 0.25) is 0 Å². The van der Waals surface area contributed by atoms with E-state index in [0.29, 0.717) is 6.04 Å². The summed E-state index contributed by atoms with van der Waals surface area (Å²) in [7, 11) is 0. The minimum absolute atomic E-state index is 0.157. The summed E-state index contributed by atoms with van der Waals surface area (Å²) in [5.41, 5.74) is 7.63. The van der Waals surface area contributed by atoms with Gasteiger partial charge in [0.15, 0.2) is 0 Å². The van der Waals surface area contributed by atoms with Crippen LogP contribution in [0.4, 0.5) is 0 Å². The average molecular weight is 266 g/mol. The second-order valence-corrected chi connectivity index (χ2v) is 7.67. The monoisotopic (exact) mass is 266 g/mol. The van der Waals surface area contributed by atoms with Gasteiger partial charge in [-0.1, -0.05) is 46.5 Å². The molecular weight excluding hydrogens is 240 g/mol. The standard InChI is InChI=1S/C15H26N2S/c1-15(2,3)13-10-18-14(17-13)9-12(16)8-11-6-4-5-7-11/h10-12H,4-9,16H2,1-3H3. The second-order valence-electron chi connectivity index (χ2n) is 6.73. The molecule has 102 valence electrons. The zero-order chi connectivity index (χ0) is 13.2. The first-order chi connectivity index (χ1) is 8.45. The summed E-state index contributed by atoms with van der Waals surface area (Å²) in [6, 6.07) is 0.298. The summed E-state index contributed by atoms with van der Waals surface area (Å²) in [6.45, 7) is 6.64. The smallest absolute Gasteiger partial charge is 0.0943 e. The fourth-order valence-corrected chi connectivity index (χ4v) is 3.85. The number of hydrogen-bond acceptors (Lipinski definition) is 3. The maximum absolute atomic E-state index is 6.27. The zero-order valence-electron chi connectivity index (χ0n) is 11.9. The normalized spacial score (nSPS) is 19.3. The van der Waals surface area contributed by atoms with Gasteiger partial charge in [-0.05, 0) is 12.3 Å². The summed E-state index contributed by atoms with van der Waals surface area (Å²) in [5.74, 6) is 0.877. The van der Waals surface area contributed by atoms with E-state index in [2.05, 4.69) is 26.2 Å². The predicted octanol–water partition coefficient (Wildman–Crippen LogP) is 3.89. The third-order valence-electron chi connectivity index (χ3n) is 3.87. The van der Waals surface area contributed by atoms with Gasteiger partial charge in [-0.15, -0.1) is 11.3 Å². The third-order valence-corrected chi connectivity index (χ3v) is 4.74. The van der Waals surface area contributed by atoms with Crippen LogP contribution >= 0.6 is 11.3 Å². The molecule has 0 amide bonds. The van der Waals surface area contributed by atoms with Gasteiger partial charge < -0.3 is 5.73 Å². The van der Waals surface area contributed by atoms with Crippen LogP contribution < -0.4 is 5.73 Å². The fraction of sp³-hybridized carbons (Fsp3) is 0.800. The summed E-state index contributed by atoms with van der Waals surface area (Å²) in [4.78, 5) is 4.73. The molecule has 1 aromatic heterocycles. The molecule has 1 aliphatic rings. The van der Waals surface area contributed by atoms with Crippen LogP contribution in [-0.2, 0) is 11.8 Å². The van der Waals surface area contributed by atoms with Crippen molar-refractivity contribution in [1.82, 2.24) is 4.98 Å². The Morgan fingerprint density at radius 2 is 2.06 bits per heavy atom. The van der Waals surface area contributed by atoms with Gasteiger partial charge in [0.1, 0.15) is 0 Å². The van der Waals surface area contributed by atoms with E-state index in [1.54, 1.807) is 11.3 Å². The van der Waals surface area contributed by atoms with Gasteiger partial charge in [0.05, 0.1) is 10.7 Å². The van der Waals surface area contributed by atoms with E-state index in [9.17, 15) is 0 Å². The minimum atomic E-state index is 0.157. The molecule has 1 saturated carbocycles. The maximum atomic E-state index is 6.27. The van der Waals surface area contributed by atoms with Gasteiger partial charge in [-0.25, -0.2) is 4.98 Å². The SMILES string of the molecule is CC(C)(C)c1csc(CC(N)CC2CCCC2)n1. The van der Waals surface area contributed by atoms with Crippen LogP contribution in [0.1, 0.15) is 63.6 Å². The summed E-state index contributed by atoms with van der Waals surface area (Å²) in [5, 5.41) is 3.41. The van der Waals surface area contributed by atoms with E-state index in [-0.39, 0.29) is 5.41 Å².